The number of para-hydroxylation sites is 1. The number of hydrogen-bond acceptors (Lipinski definition) is 6. The van der Waals surface area contributed by atoms with Crippen LogP contribution in [0.3, 0.4) is 0 Å². The van der Waals surface area contributed by atoms with E-state index < -0.39 is 22.8 Å². The Labute approximate surface area is 188 Å². The van der Waals surface area contributed by atoms with E-state index in [9.17, 15) is 14.7 Å². The molecule has 0 amide bonds. The minimum atomic E-state index is -1.39. The molecular formula is C24H22FN5O3. The van der Waals surface area contributed by atoms with Gasteiger partial charge in [-0.2, -0.15) is 0 Å². The largest absolute Gasteiger partial charge is 0.477 e. The lowest BCUT2D eigenvalue weighted by atomic mass is 10.1. The van der Waals surface area contributed by atoms with E-state index in [0.29, 0.717) is 18.8 Å². The Kier molecular flexibility index (Phi) is 5.05. The standard InChI is InChI=1S/C24H22FN5O3/c1-13-10-29(11-14(2)27-13)23-19(25)8-17-21(31)18(24(32)33)12-30(22(17)28-23)16-7-15-5-3-4-6-20(15)26-9-16/h3-9,12-14,27H,10-11H2,1-2H3,(H,32,33)/t13-,14+. The van der Waals surface area contributed by atoms with E-state index in [1.165, 1.54) is 10.8 Å². The summed E-state index contributed by atoms with van der Waals surface area (Å²) in [6.45, 7) is 5.12. The fourth-order valence-corrected chi connectivity index (χ4v) is 4.48. The molecule has 9 heteroatoms. The summed E-state index contributed by atoms with van der Waals surface area (Å²) in [6, 6.07) is 10.7. The topological polar surface area (TPSA) is 100 Å². The van der Waals surface area contributed by atoms with Gasteiger partial charge in [-0.15, -0.1) is 0 Å². The Morgan fingerprint density at radius 2 is 1.91 bits per heavy atom. The van der Waals surface area contributed by atoms with Crippen molar-refractivity contribution in [2.24, 2.45) is 0 Å². The first-order valence-corrected chi connectivity index (χ1v) is 10.7. The van der Waals surface area contributed by atoms with Gasteiger partial charge in [0.05, 0.1) is 22.8 Å². The third-order valence-corrected chi connectivity index (χ3v) is 5.85. The Bertz CT molecular complexity index is 1460. The van der Waals surface area contributed by atoms with Gasteiger partial charge in [-0.3, -0.25) is 14.3 Å². The minimum Gasteiger partial charge on any atom is -0.477 e. The Hall–Kier alpha value is -3.85. The number of pyridine rings is 3. The van der Waals surface area contributed by atoms with Crippen LogP contribution in [0.5, 0.6) is 0 Å². The number of piperazine rings is 1. The van der Waals surface area contributed by atoms with Gasteiger partial charge in [-0.25, -0.2) is 14.2 Å². The lowest BCUT2D eigenvalue weighted by Gasteiger charge is -2.37. The number of carboxylic acid groups (broad SMARTS) is 1. The Morgan fingerprint density at radius 1 is 1.18 bits per heavy atom. The van der Waals surface area contributed by atoms with Crippen molar-refractivity contribution in [3.63, 3.8) is 0 Å². The molecule has 0 unspecified atom stereocenters. The number of benzene rings is 1. The number of fused-ring (bicyclic) bond motifs is 2. The van der Waals surface area contributed by atoms with Crippen molar-refractivity contribution in [3.05, 3.63) is 70.4 Å². The first-order chi connectivity index (χ1) is 15.8. The number of carboxylic acids is 1. The van der Waals surface area contributed by atoms with E-state index >= 15 is 4.39 Å². The second-order valence-electron chi connectivity index (χ2n) is 8.47. The number of hydrogen-bond donors (Lipinski definition) is 2. The van der Waals surface area contributed by atoms with Crippen LogP contribution in [0, 0.1) is 5.82 Å². The van der Waals surface area contributed by atoms with Gasteiger partial charge in [-0.1, -0.05) is 18.2 Å². The first kappa shape index (κ1) is 21.0. The van der Waals surface area contributed by atoms with Crippen LogP contribution in [0.1, 0.15) is 24.2 Å². The van der Waals surface area contributed by atoms with Crippen LogP contribution in [0.15, 0.2) is 53.6 Å². The van der Waals surface area contributed by atoms with E-state index in [1.807, 2.05) is 49.1 Å². The molecule has 0 radical (unpaired) electrons. The smallest absolute Gasteiger partial charge is 0.341 e. The number of aromatic carboxylic acids is 1. The highest BCUT2D eigenvalue weighted by Gasteiger charge is 2.26. The summed E-state index contributed by atoms with van der Waals surface area (Å²) in [4.78, 5) is 35.5. The average Bonchev–Trinajstić information content (AvgIpc) is 2.78. The molecule has 2 N–H and O–H groups in total. The summed E-state index contributed by atoms with van der Waals surface area (Å²) in [5.74, 6) is -1.92. The van der Waals surface area contributed by atoms with Crippen LogP contribution >= 0.6 is 0 Å². The molecule has 2 atom stereocenters. The average molecular weight is 447 g/mol. The Morgan fingerprint density at radius 3 is 2.64 bits per heavy atom. The fraction of sp³-hybridized carbons (Fsp3) is 0.250. The molecule has 5 rings (SSSR count). The van der Waals surface area contributed by atoms with Crippen molar-refractivity contribution in [3.8, 4) is 5.69 Å². The molecule has 1 aliphatic heterocycles. The molecule has 0 aliphatic carbocycles. The normalized spacial score (nSPS) is 18.7. The second-order valence-corrected chi connectivity index (χ2v) is 8.47. The molecule has 168 valence electrons. The van der Waals surface area contributed by atoms with Gasteiger partial charge < -0.3 is 15.3 Å². The summed E-state index contributed by atoms with van der Waals surface area (Å²) < 4.78 is 16.7. The number of anilines is 1. The Balaban J connectivity index is 1.78. The summed E-state index contributed by atoms with van der Waals surface area (Å²) >= 11 is 0. The zero-order chi connectivity index (χ0) is 23.3. The third-order valence-electron chi connectivity index (χ3n) is 5.85. The summed E-state index contributed by atoms with van der Waals surface area (Å²) in [6.07, 6.45) is 2.81. The number of halogens is 1. The summed E-state index contributed by atoms with van der Waals surface area (Å²) in [7, 11) is 0. The van der Waals surface area contributed by atoms with E-state index in [-0.39, 0.29) is 28.9 Å². The molecule has 1 aromatic carbocycles. The number of carbonyl (C=O) groups is 1. The molecule has 1 fully saturated rings. The lowest BCUT2D eigenvalue weighted by Crippen LogP contribution is -2.54. The number of aromatic nitrogens is 3. The van der Waals surface area contributed by atoms with E-state index in [0.717, 1.165) is 17.0 Å². The van der Waals surface area contributed by atoms with Gasteiger partial charge in [0.25, 0.3) is 0 Å². The quantitative estimate of drug-likeness (QED) is 0.498. The van der Waals surface area contributed by atoms with Gasteiger partial charge >= 0.3 is 5.97 Å². The molecule has 0 bridgehead atoms. The number of nitrogens with zero attached hydrogens (tertiary/aromatic N) is 4. The molecule has 4 aromatic rings. The highest BCUT2D eigenvalue weighted by atomic mass is 19.1. The maximum Gasteiger partial charge on any atom is 0.341 e. The molecule has 33 heavy (non-hydrogen) atoms. The molecule has 8 nitrogen and oxygen atoms in total. The van der Waals surface area contributed by atoms with Gasteiger partial charge in [0.2, 0.25) is 5.43 Å². The van der Waals surface area contributed by atoms with Crippen molar-refractivity contribution in [1.82, 2.24) is 19.9 Å². The molecule has 1 aliphatic rings. The molecule has 0 spiro atoms. The molecular weight excluding hydrogens is 425 g/mol. The summed E-state index contributed by atoms with van der Waals surface area (Å²) in [5.41, 5.74) is 0.232. The fourth-order valence-electron chi connectivity index (χ4n) is 4.48. The van der Waals surface area contributed by atoms with Crippen LogP contribution in [-0.2, 0) is 0 Å². The first-order valence-electron chi connectivity index (χ1n) is 10.7. The maximum atomic E-state index is 15.2. The van der Waals surface area contributed by atoms with Crippen LogP contribution in [-0.4, -0.2) is 50.8 Å². The van der Waals surface area contributed by atoms with E-state index in [1.54, 1.807) is 6.20 Å². The van der Waals surface area contributed by atoms with Crippen LogP contribution in [0.4, 0.5) is 10.2 Å². The lowest BCUT2D eigenvalue weighted by molar-refractivity contribution is 0.0695. The van der Waals surface area contributed by atoms with Crippen molar-refractivity contribution in [2.75, 3.05) is 18.0 Å². The van der Waals surface area contributed by atoms with Crippen molar-refractivity contribution >= 4 is 33.7 Å². The zero-order valence-electron chi connectivity index (χ0n) is 18.1. The van der Waals surface area contributed by atoms with Gasteiger partial charge in [0, 0.05) is 36.8 Å². The third kappa shape index (κ3) is 3.70. The predicted octanol–water partition coefficient (Wildman–Crippen LogP) is 2.96. The van der Waals surface area contributed by atoms with Crippen LogP contribution in [0.2, 0.25) is 0 Å². The molecule has 1 saturated heterocycles. The minimum absolute atomic E-state index is 0.0967. The highest BCUT2D eigenvalue weighted by Crippen LogP contribution is 2.26. The predicted molar refractivity (Wildman–Crippen MR) is 124 cm³/mol. The second kappa shape index (κ2) is 7.93. The SMILES string of the molecule is C[C@@H]1CN(c2nc3c(cc2F)c(=O)c(C(=O)O)cn3-c2cnc3ccccc3c2)C[C@H](C)N1. The number of rotatable bonds is 3. The summed E-state index contributed by atoms with van der Waals surface area (Å²) in [5, 5.41) is 13.7. The number of nitrogens with one attached hydrogen (secondary N) is 1. The molecule has 0 saturated carbocycles. The van der Waals surface area contributed by atoms with E-state index in [4.69, 9.17) is 0 Å². The molecule has 3 aromatic heterocycles. The van der Waals surface area contributed by atoms with Crippen LogP contribution < -0.4 is 15.6 Å². The monoisotopic (exact) mass is 447 g/mol. The van der Waals surface area contributed by atoms with Gasteiger partial charge in [-0.05, 0) is 32.0 Å². The van der Waals surface area contributed by atoms with Crippen molar-refractivity contribution in [1.29, 1.82) is 0 Å². The molecule has 4 heterocycles. The highest BCUT2D eigenvalue weighted by molar-refractivity contribution is 5.93. The van der Waals surface area contributed by atoms with E-state index in [2.05, 4.69) is 15.3 Å². The van der Waals surface area contributed by atoms with Crippen molar-refractivity contribution in [2.45, 2.75) is 25.9 Å². The van der Waals surface area contributed by atoms with Gasteiger partial charge in [0.15, 0.2) is 17.3 Å². The van der Waals surface area contributed by atoms with Crippen LogP contribution in [0.25, 0.3) is 27.6 Å². The zero-order valence-corrected chi connectivity index (χ0v) is 18.1. The van der Waals surface area contributed by atoms with Gasteiger partial charge in [0.1, 0.15) is 5.56 Å². The maximum absolute atomic E-state index is 15.2. The van der Waals surface area contributed by atoms with Crippen molar-refractivity contribution < 1.29 is 14.3 Å².